The van der Waals surface area contributed by atoms with Crippen molar-refractivity contribution in [2.24, 2.45) is 18.1 Å². The summed E-state index contributed by atoms with van der Waals surface area (Å²) >= 11 is 0. The third-order valence-electron chi connectivity index (χ3n) is 6.88. The summed E-state index contributed by atoms with van der Waals surface area (Å²) in [6.07, 6.45) is 8.17. The van der Waals surface area contributed by atoms with E-state index in [0.717, 1.165) is 43.2 Å². The van der Waals surface area contributed by atoms with Crippen LogP contribution in [0.5, 0.6) is 0 Å². The molecule has 1 aromatic heterocycles. The van der Waals surface area contributed by atoms with Crippen LogP contribution in [0, 0.1) is 5.92 Å². The summed E-state index contributed by atoms with van der Waals surface area (Å²) in [5.41, 5.74) is 6.48. The molecular weight excluding hydrogens is 400 g/mol. The van der Waals surface area contributed by atoms with E-state index in [1.165, 1.54) is 35.0 Å². The molecule has 3 aromatic rings. The van der Waals surface area contributed by atoms with Gasteiger partial charge in [-0.05, 0) is 62.1 Å². The summed E-state index contributed by atoms with van der Waals surface area (Å²) in [6, 6.07) is 16.4. The lowest BCUT2D eigenvalue weighted by Crippen LogP contribution is -2.19. The zero-order valence-electron chi connectivity index (χ0n) is 18.8. The summed E-state index contributed by atoms with van der Waals surface area (Å²) in [5.74, 6) is -1.39. The normalized spacial score (nSPS) is 15.0. The van der Waals surface area contributed by atoms with E-state index >= 15 is 0 Å². The van der Waals surface area contributed by atoms with Gasteiger partial charge in [0.1, 0.15) is 0 Å². The van der Waals surface area contributed by atoms with Gasteiger partial charge in [-0.1, -0.05) is 54.0 Å². The van der Waals surface area contributed by atoms with Crippen LogP contribution in [-0.4, -0.2) is 26.6 Å². The summed E-state index contributed by atoms with van der Waals surface area (Å²) in [6.45, 7) is 0. The molecule has 4 rings (SSSR count). The predicted molar refractivity (Wildman–Crippen MR) is 128 cm³/mol. The number of nitrogens with zero attached hydrogens (tertiary/aromatic N) is 2. The van der Waals surface area contributed by atoms with E-state index in [-0.39, 0.29) is 6.42 Å². The number of carbonyl (C=O) groups is 1. The molecule has 168 valence electrons. The Morgan fingerprint density at radius 3 is 2.62 bits per heavy atom. The summed E-state index contributed by atoms with van der Waals surface area (Å²) in [4.78, 5) is 11.9. The lowest BCUT2D eigenvalue weighted by Gasteiger charge is -2.14. The van der Waals surface area contributed by atoms with E-state index in [9.17, 15) is 15.1 Å². The van der Waals surface area contributed by atoms with Gasteiger partial charge in [-0.3, -0.25) is 4.79 Å². The highest BCUT2D eigenvalue weighted by atomic mass is 16.4. The first kappa shape index (κ1) is 22.1. The fraction of sp³-hybridized carbons (Fsp3) is 0.407. The first-order chi connectivity index (χ1) is 15.6. The Morgan fingerprint density at radius 1 is 1.09 bits per heavy atom. The molecule has 5 heteroatoms. The van der Waals surface area contributed by atoms with E-state index < -0.39 is 11.9 Å². The van der Waals surface area contributed by atoms with Crippen molar-refractivity contribution in [2.45, 2.75) is 57.8 Å². The van der Waals surface area contributed by atoms with Crippen molar-refractivity contribution in [1.82, 2.24) is 4.57 Å². The molecule has 0 amide bonds. The number of aromatic nitrogens is 1. The van der Waals surface area contributed by atoms with Gasteiger partial charge in [-0.15, -0.1) is 0 Å². The SMILES string of the molecule is Cn1c2c(c3ccc(C(C[C@@H](CCCCc4ccccc4)C(=O)O)=NO)cc31)CCCC2. The summed E-state index contributed by atoms with van der Waals surface area (Å²) < 4.78 is 2.25. The minimum absolute atomic E-state index is 0.229. The van der Waals surface area contributed by atoms with E-state index in [4.69, 9.17) is 0 Å². The smallest absolute Gasteiger partial charge is 0.306 e. The molecule has 1 aliphatic rings. The van der Waals surface area contributed by atoms with Gasteiger partial charge in [0, 0.05) is 35.6 Å². The minimum atomic E-state index is -0.832. The molecule has 1 heterocycles. The van der Waals surface area contributed by atoms with Crippen LogP contribution in [0.25, 0.3) is 10.9 Å². The Balaban J connectivity index is 1.45. The van der Waals surface area contributed by atoms with Crippen molar-refractivity contribution in [3.8, 4) is 0 Å². The number of carboxylic acids is 1. The molecule has 1 atom stereocenters. The molecule has 0 aliphatic heterocycles. The monoisotopic (exact) mass is 432 g/mol. The number of benzene rings is 2. The Kier molecular flexibility index (Phi) is 6.93. The van der Waals surface area contributed by atoms with E-state index in [1.54, 1.807) is 0 Å². The topological polar surface area (TPSA) is 74.8 Å². The third-order valence-corrected chi connectivity index (χ3v) is 6.88. The second kappa shape index (κ2) is 10.0. The van der Waals surface area contributed by atoms with Gasteiger partial charge in [0.2, 0.25) is 0 Å². The number of aliphatic carboxylic acids is 1. The molecule has 0 saturated heterocycles. The summed E-state index contributed by atoms with van der Waals surface area (Å²) in [7, 11) is 2.10. The quantitative estimate of drug-likeness (QED) is 0.196. The van der Waals surface area contributed by atoms with Crippen molar-refractivity contribution in [3.05, 3.63) is 70.9 Å². The average molecular weight is 433 g/mol. The number of hydrogen-bond donors (Lipinski definition) is 2. The molecule has 2 N–H and O–H groups in total. The highest BCUT2D eigenvalue weighted by Gasteiger charge is 2.23. The zero-order chi connectivity index (χ0) is 22.5. The van der Waals surface area contributed by atoms with Gasteiger partial charge in [-0.25, -0.2) is 0 Å². The van der Waals surface area contributed by atoms with Crippen LogP contribution in [0.15, 0.2) is 53.7 Å². The van der Waals surface area contributed by atoms with Crippen LogP contribution in [0.4, 0.5) is 0 Å². The molecule has 5 nitrogen and oxygen atoms in total. The maximum Gasteiger partial charge on any atom is 0.306 e. The molecule has 0 spiro atoms. The maximum absolute atomic E-state index is 11.9. The molecule has 2 aromatic carbocycles. The first-order valence-electron chi connectivity index (χ1n) is 11.7. The zero-order valence-corrected chi connectivity index (χ0v) is 18.8. The van der Waals surface area contributed by atoms with Crippen LogP contribution < -0.4 is 0 Å². The van der Waals surface area contributed by atoms with Gasteiger partial charge in [0.25, 0.3) is 0 Å². The number of oxime groups is 1. The summed E-state index contributed by atoms with van der Waals surface area (Å²) in [5, 5.41) is 24.3. The highest BCUT2D eigenvalue weighted by Crippen LogP contribution is 2.32. The molecule has 0 radical (unpaired) electrons. The van der Waals surface area contributed by atoms with Gasteiger partial charge in [0.05, 0.1) is 11.6 Å². The lowest BCUT2D eigenvalue weighted by molar-refractivity contribution is -0.141. The van der Waals surface area contributed by atoms with Crippen LogP contribution in [0.1, 0.15) is 60.9 Å². The van der Waals surface area contributed by atoms with Crippen LogP contribution in [-0.2, 0) is 31.1 Å². The van der Waals surface area contributed by atoms with E-state index in [1.807, 2.05) is 24.3 Å². The number of carboxylic acid groups (broad SMARTS) is 1. The van der Waals surface area contributed by atoms with Gasteiger partial charge < -0.3 is 14.9 Å². The number of aryl methyl sites for hydroxylation is 3. The van der Waals surface area contributed by atoms with Gasteiger partial charge >= 0.3 is 5.97 Å². The number of unbranched alkanes of at least 4 members (excludes halogenated alkanes) is 1. The van der Waals surface area contributed by atoms with Gasteiger partial charge in [0.15, 0.2) is 0 Å². The molecule has 1 aliphatic carbocycles. The predicted octanol–water partition coefficient (Wildman–Crippen LogP) is 5.74. The Hall–Kier alpha value is -3.08. The van der Waals surface area contributed by atoms with E-state index in [0.29, 0.717) is 12.1 Å². The Labute approximate surface area is 189 Å². The molecule has 0 bridgehead atoms. The fourth-order valence-electron chi connectivity index (χ4n) is 5.07. The van der Waals surface area contributed by atoms with Crippen molar-refractivity contribution >= 4 is 22.6 Å². The van der Waals surface area contributed by atoms with Gasteiger partial charge in [-0.2, -0.15) is 0 Å². The second-order valence-corrected chi connectivity index (χ2v) is 8.94. The number of hydrogen-bond acceptors (Lipinski definition) is 3. The largest absolute Gasteiger partial charge is 0.481 e. The fourth-order valence-corrected chi connectivity index (χ4v) is 5.07. The highest BCUT2D eigenvalue weighted by molar-refractivity contribution is 6.04. The third kappa shape index (κ3) is 4.72. The number of rotatable bonds is 9. The Morgan fingerprint density at radius 2 is 1.88 bits per heavy atom. The van der Waals surface area contributed by atoms with Crippen LogP contribution in [0.2, 0.25) is 0 Å². The lowest BCUT2D eigenvalue weighted by atomic mass is 9.91. The first-order valence-corrected chi connectivity index (χ1v) is 11.7. The standard InChI is InChI=1S/C27H32N2O3/c1-29-25-14-8-7-13-22(25)23-16-15-20(18-26(23)29)24(28-32)17-21(27(30)31)12-6-5-11-19-9-3-2-4-10-19/h2-4,9-10,15-16,18,21,32H,5-8,11-14,17H2,1H3,(H,30,31)/t21-/m1/s1. The average Bonchev–Trinajstić information content (AvgIpc) is 3.11. The molecule has 0 unspecified atom stereocenters. The van der Waals surface area contributed by atoms with Crippen molar-refractivity contribution in [3.63, 3.8) is 0 Å². The van der Waals surface area contributed by atoms with Crippen molar-refractivity contribution in [1.29, 1.82) is 0 Å². The molecule has 0 saturated carbocycles. The van der Waals surface area contributed by atoms with Crippen LogP contribution in [0.3, 0.4) is 0 Å². The molecule has 32 heavy (non-hydrogen) atoms. The Bertz CT molecular complexity index is 1110. The number of fused-ring (bicyclic) bond motifs is 3. The maximum atomic E-state index is 11.9. The van der Waals surface area contributed by atoms with Crippen LogP contribution >= 0.6 is 0 Å². The van der Waals surface area contributed by atoms with E-state index in [2.05, 4.69) is 41.0 Å². The van der Waals surface area contributed by atoms with Crippen molar-refractivity contribution in [2.75, 3.05) is 0 Å². The minimum Gasteiger partial charge on any atom is -0.481 e. The van der Waals surface area contributed by atoms with Crippen molar-refractivity contribution < 1.29 is 15.1 Å². The molecular formula is C27H32N2O3. The second-order valence-electron chi connectivity index (χ2n) is 8.94. The molecule has 0 fully saturated rings.